The fraction of sp³-hybridized carbons (Fsp3) is 0.933. The third kappa shape index (κ3) is 10.2. The van der Waals surface area contributed by atoms with Gasteiger partial charge in [-0.3, -0.25) is 4.79 Å². The van der Waals surface area contributed by atoms with E-state index in [-0.39, 0.29) is 12.5 Å². The molecule has 0 heterocycles. The zero-order valence-corrected chi connectivity index (χ0v) is 13.6. The number of carboxylic acid groups (broad SMARTS) is 1. The fourth-order valence-corrected chi connectivity index (χ4v) is 1.96. The highest BCUT2D eigenvalue weighted by molar-refractivity contribution is 5.66. The van der Waals surface area contributed by atoms with Crippen LogP contribution in [0.5, 0.6) is 0 Å². The maximum Gasteiger partial charge on any atom is 0.303 e. The molecule has 5 nitrogen and oxygen atoms in total. The Bertz CT molecular complexity index is 297. The van der Waals surface area contributed by atoms with Crippen molar-refractivity contribution >= 4 is 5.97 Å². The quantitative estimate of drug-likeness (QED) is 0.647. The summed E-state index contributed by atoms with van der Waals surface area (Å²) in [4.78, 5) is 10.6. The average molecular weight is 290 g/mol. The highest BCUT2D eigenvalue weighted by Crippen LogP contribution is 2.22. The van der Waals surface area contributed by atoms with Gasteiger partial charge in [0, 0.05) is 6.42 Å². The minimum Gasteiger partial charge on any atom is -0.481 e. The number of rotatable bonds is 10. The molecule has 120 valence electrons. The Morgan fingerprint density at radius 3 is 2.15 bits per heavy atom. The molecule has 0 saturated heterocycles. The standard InChI is InChI=1S/C15H30O5/c1-11(16)9-12(2)20-15(5,6)10-19-14(3,4)8-7-13(17)18/h11-12,16H,7-10H2,1-6H3,(H,17,18). The molecule has 20 heavy (non-hydrogen) atoms. The summed E-state index contributed by atoms with van der Waals surface area (Å²) >= 11 is 0. The number of carbonyl (C=O) groups is 1. The van der Waals surface area contributed by atoms with E-state index in [0.717, 1.165) is 0 Å². The number of aliphatic hydroxyl groups excluding tert-OH is 1. The fourth-order valence-electron chi connectivity index (χ4n) is 1.96. The van der Waals surface area contributed by atoms with Crippen LogP contribution in [0.1, 0.15) is 60.8 Å². The molecule has 0 rings (SSSR count). The zero-order chi connectivity index (χ0) is 16.0. The van der Waals surface area contributed by atoms with Gasteiger partial charge in [-0.15, -0.1) is 0 Å². The van der Waals surface area contributed by atoms with Gasteiger partial charge in [-0.25, -0.2) is 0 Å². The number of aliphatic hydroxyl groups is 1. The van der Waals surface area contributed by atoms with Crippen molar-refractivity contribution in [3.05, 3.63) is 0 Å². The first-order chi connectivity index (χ1) is 8.93. The molecule has 0 aliphatic rings. The average Bonchev–Trinajstić information content (AvgIpc) is 2.22. The van der Waals surface area contributed by atoms with Gasteiger partial charge in [0.1, 0.15) is 0 Å². The molecule has 0 saturated carbocycles. The van der Waals surface area contributed by atoms with Crippen molar-refractivity contribution in [2.24, 2.45) is 0 Å². The van der Waals surface area contributed by atoms with Crippen LogP contribution in [0, 0.1) is 0 Å². The van der Waals surface area contributed by atoms with Crippen molar-refractivity contribution in [1.82, 2.24) is 0 Å². The van der Waals surface area contributed by atoms with E-state index in [1.54, 1.807) is 6.92 Å². The minimum absolute atomic E-state index is 0.0595. The maximum absolute atomic E-state index is 10.6. The van der Waals surface area contributed by atoms with Crippen LogP contribution in [-0.2, 0) is 14.3 Å². The SMILES string of the molecule is CC(O)CC(C)OC(C)(C)COC(C)(C)CCC(=O)O. The first kappa shape index (κ1) is 19.4. The third-order valence-corrected chi connectivity index (χ3v) is 2.94. The molecule has 0 aromatic heterocycles. The summed E-state index contributed by atoms with van der Waals surface area (Å²) in [5.74, 6) is -0.817. The zero-order valence-electron chi connectivity index (χ0n) is 13.6. The van der Waals surface area contributed by atoms with Gasteiger partial charge in [-0.05, 0) is 54.4 Å². The molecular weight excluding hydrogens is 260 g/mol. The summed E-state index contributed by atoms with van der Waals surface area (Å²) in [6.45, 7) is 11.7. The van der Waals surface area contributed by atoms with E-state index in [4.69, 9.17) is 14.6 Å². The second-order valence-corrected chi connectivity index (χ2v) is 6.71. The summed E-state index contributed by atoms with van der Waals surface area (Å²) in [5.41, 5.74) is -0.971. The molecule has 0 aromatic rings. The Balaban J connectivity index is 4.22. The molecule has 0 fully saturated rings. The van der Waals surface area contributed by atoms with E-state index in [2.05, 4.69) is 0 Å². The Morgan fingerprint density at radius 2 is 1.70 bits per heavy atom. The van der Waals surface area contributed by atoms with Gasteiger partial charge < -0.3 is 19.7 Å². The van der Waals surface area contributed by atoms with E-state index < -0.39 is 23.3 Å². The summed E-state index contributed by atoms with van der Waals surface area (Å²) in [7, 11) is 0. The lowest BCUT2D eigenvalue weighted by molar-refractivity contribution is -0.151. The lowest BCUT2D eigenvalue weighted by Gasteiger charge is -2.34. The van der Waals surface area contributed by atoms with Crippen LogP contribution in [0.3, 0.4) is 0 Å². The first-order valence-corrected chi connectivity index (χ1v) is 7.15. The molecule has 0 radical (unpaired) electrons. The van der Waals surface area contributed by atoms with Crippen molar-refractivity contribution in [3.8, 4) is 0 Å². The summed E-state index contributed by atoms with van der Waals surface area (Å²) < 4.78 is 11.7. The molecule has 2 atom stereocenters. The van der Waals surface area contributed by atoms with Gasteiger partial charge >= 0.3 is 5.97 Å². The second-order valence-electron chi connectivity index (χ2n) is 6.71. The smallest absolute Gasteiger partial charge is 0.303 e. The first-order valence-electron chi connectivity index (χ1n) is 7.15. The van der Waals surface area contributed by atoms with Gasteiger partial charge in [-0.1, -0.05) is 0 Å². The van der Waals surface area contributed by atoms with Crippen molar-refractivity contribution in [2.75, 3.05) is 6.61 Å². The number of ether oxygens (including phenoxy) is 2. The van der Waals surface area contributed by atoms with Crippen molar-refractivity contribution in [3.63, 3.8) is 0 Å². The molecule has 0 amide bonds. The molecule has 2 unspecified atom stereocenters. The van der Waals surface area contributed by atoms with Crippen LogP contribution in [0.2, 0.25) is 0 Å². The molecule has 0 aromatic carbocycles. The Labute approximate surface area is 122 Å². The van der Waals surface area contributed by atoms with E-state index in [9.17, 15) is 9.90 Å². The predicted octanol–water partition coefficient (Wildman–Crippen LogP) is 2.60. The van der Waals surface area contributed by atoms with Crippen molar-refractivity contribution in [2.45, 2.75) is 84.2 Å². The third-order valence-electron chi connectivity index (χ3n) is 2.94. The van der Waals surface area contributed by atoms with Gasteiger partial charge in [0.15, 0.2) is 0 Å². The van der Waals surface area contributed by atoms with Gasteiger partial charge in [-0.2, -0.15) is 0 Å². The Kier molecular flexibility index (Phi) is 7.70. The predicted molar refractivity (Wildman–Crippen MR) is 77.8 cm³/mol. The number of hydrogen-bond acceptors (Lipinski definition) is 4. The molecule has 0 bridgehead atoms. The van der Waals surface area contributed by atoms with Crippen molar-refractivity contribution < 1.29 is 24.5 Å². The highest BCUT2D eigenvalue weighted by atomic mass is 16.6. The minimum atomic E-state index is -0.817. The molecular formula is C15H30O5. The van der Waals surface area contributed by atoms with Gasteiger partial charge in [0.25, 0.3) is 0 Å². The summed E-state index contributed by atoms with van der Waals surface area (Å²) in [6.07, 6.45) is 0.671. The lowest BCUT2D eigenvalue weighted by Crippen LogP contribution is -2.39. The van der Waals surface area contributed by atoms with Crippen LogP contribution in [0.15, 0.2) is 0 Å². The van der Waals surface area contributed by atoms with Gasteiger partial charge in [0.05, 0.1) is 30.0 Å². The molecule has 0 aliphatic heterocycles. The molecule has 5 heteroatoms. The van der Waals surface area contributed by atoms with E-state index in [0.29, 0.717) is 19.4 Å². The molecule has 0 aliphatic carbocycles. The van der Waals surface area contributed by atoms with Gasteiger partial charge in [0.2, 0.25) is 0 Å². The van der Waals surface area contributed by atoms with E-state index >= 15 is 0 Å². The normalized spacial score (nSPS) is 15.9. The topological polar surface area (TPSA) is 76.0 Å². The van der Waals surface area contributed by atoms with Crippen LogP contribution >= 0.6 is 0 Å². The number of aliphatic carboxylic acids is 1. The van der Waals surface area contributed by atoms with Crippen LogP contribution in [-0.4, -0.2) is 46.2 Å². The second kappa shape index (κ2) is 7.96. The number of carboxylic acids is 1. The number of hydrogen-bond donors (Lipinski definition) is 2. The largest absolute Gasteiger partial charge is 0.481 e. The maximum atomic E-state index is 10.6. The monoisotopic (exact) mass is 290 g/mol. The molecule has 2 N–H and O–H groups in total. The highest BCUT2D eigenvalue weighted by Gasteiger charge is 2.27. The molecule has 0 spiro atoms. The van der Waals surface area contributed by atoms with Crippen LogP contribution < -0.4 is 0 Å². The Hall–Kier alpha value is -0.650. The van der Waals surface area contributed by atoms with Crippen LogP contribution in [0.4, 0.5) is 0 Å². The van der Waals surface area contributed by atoms with E-state index in [1.807, 2.05) is 34.6 Å². The lowest BCUT2D eigenvalue weighted by atomic mass is 10.0. The van der Waals surface area contributed by atoms with Crippen molar-refractivity contribution in [1.29, 1.82) is 0 Å². The summed E-state index contributed by atoms with van der Waals surface area (Å²) in [6, 6.07) is 0. The van der Waals surface area contributed by atoms with E-state index in [1.165, 1.54) is 0 Å². The Morgan fingerprint density at radius 1 is 1.15 bits per heavy atom. The van der Waals surface area contributed by atoms with Crippen LogP contribution in [0.25, 0.3) is 0 Å². The summed E-state index contributed by atoms with van der Waals surface area (Å²) in [5, 5.41) is 18.0.